The molecule has 2 aromatic carbocycles. The van der Waals surface area contributed by atoms with Crippen LogP contribution < -0.4 is 15.5 Å². The lowest BCUT2D eigenvalue weighted by atomic mass is 10.0. The highest BCUT2D eigenvalue weighted by atomic mass is 35.5. The lowest BCUT2D eigenvalue weighted by Crippen LogP contribution is -2.48. The van der Waals surface area contributed by atoms with E-state index in [1.54, 1.807) is 6.07 Å². The van der Waals surface area contributed by atoms with E-state index in [1.807, 2.05) is 45.0 Å². The van der Waals surface area contributed by atoms with Crippen LogP contribution in [0.4, 0.5) is 0 Å². The molecular weight excluding hydrogens is 425 g/mol. The van der Waals surface area contributed by atoms with Crippen molar-refractivity contribution in [1.29, 1.82) is 0 Å². The largest absolute Gasteiger partial charge is 0.493 e. The number of halogens is 2. The first kappa shape index (κ1) is 23.7. The zero-order valence-corrected chi connectivity index (χ0v) is 18.6. The molecule has 0 fully saturated rings. The number of nitrogens with one attached hydrogen (secondary N) is 2. The maximum absolute atomic E-state index is 12.6. The molecule has 2 aromatic rings. The van der Waals surface area contributed by atoms with Gasteiger partial charge in [-0.2, -0.15) is 5.10 Å². The second-order valence-electron chi connectivity index (χ2n) is 6.94. The zero-order valence-electron chi connectivity index (χ0n) is 17.1. The fraction of sp³-hybridized carbons (Fsp3) is 0.318. The summed E-state index contributed by atoms with van der Waals surface area (Å²) in [6.07, 6.45) is 2.40. The number of benzene rings is 2. The normalized spacial score (nSPS) is 12.1. The highest BCUT2D eigenvalue weighted by Crippen LogP contribution is 2.21. The van der Waals surface area contributed by atoms with E-state index in [0.717, 1.165) is 12.0 Å². The van der Waals surface area contributed by atoms with Gasteiger partial charge in [0, 0.05) is 10.6 Å². The Labute approximate surface area is 186 Å². The molecule has 0 spiro atoms. The molecule has 0 bridgehead atoms. The molecule has 0 aliphatic heterocycles. The highest BCUT2D eigenvalue weighted by Gasteiger charge is 2.25. The lowest BCUT2D eigenvalue weighted by Gasteiger charge is -2.20. The first-order valence-corrected chi connectivity index (χ1v) is 10.4. The third-order valence-corrected chi connectivity index (χ3v) is 4.72. The minimum atomic E-state index is -0.798. The minimum absolute atomic E-state index is 0.171. The smallest absolute Gasteiger partial charge is 0.262 e. The Morgan fingerprint density at radius 1 is 1.17 bits per heavy atom. The van der Waals surface area contributed by atoms with Crippen LogP contribution in [0.25, 0.3) is 0 Å². The van der Waals surface area contributed by atoms with Crippen molar-refractivity contribution in [3.05, 3.63) is 63.6 Å². The molecule has 0 saturated carbocycles. The molecule has 0 aromatic heterocycles. The molecule has 1 unspecified atom stereocenters. The number of ether oxygens (including phenoxy) is 1. The van der Waals surface area contributed by atoms with Gasteiger partial charge in [-0.25, -0.2) is 5.43 Å². The van der Waals surface area contributed by atoms with Crippen LogP contribution in [0, 0.1) is 5.92 Å². The maximum Gasteiger partial charge on any atom is 0.262 e. The summed E-state index contributed by atoms with van der Waals surface area (Å²) in [5.74, 6) is -0.390. The van der Waals surface area contributed by atoms with Gasteiger partial charge in [-0.1, -0.05) is 56.1 Å². The van der Waals surface area contributed by atoms with Crippen LogP contribution in [-0.4, -0.2) is 30.7 Å². The van der Waals surface area contributed by atoms with E-state index in [1.165, 1.54) is 18.3 Å². The van der Waals surface area contributed by atoms with E-state index in [-0.39, 0.29) is 16.5 Å². The van der Waals surface area contributed by atoms with Gasteiger partial charge in [0.2, 0.25) is 0 Å². The predicted molar refractivity (Wildman–Crippen MR) is 121 cm³/mol. The lowest BCUT2D eigenvalue weighted by molar-refractivity contribution is -0.123. The number of hydrogen-bond acceptors (Lipinski definition) is 4. The number of amides is 2. The van der Waals surface area contributed by atoms with Crippen molar-refractivity contribution in [3.8, 4) is 5.75 Å². The molecule has 2 rings (SSSR count). The summed E-state index contributed by atoms with van der Waals surface area (Å²) >= 11 is 12.0. The molecule has 1 atom stereocenters. The summed E-state index contributed by atoms with van der Waals surface area (Å²) < 4.78 is 5.67. The summed E-state index contributed by atoms with van der Waals surface area (Å²) in [6.45, 7) is 6.26. The van der Waals surface area contributed by atoms with Crippen molar-refractivity contribution in [3.63, 3.8) is 0 Å². The molecule has 2 amide bonds. The van der Waals surface area contributed by atoms with Gasteiger partial charge >= 0.3 is 0 Å². The van der Waals surface area contributed by atoms with E-state index in [9.17, 15) is 9.59 Å². The number of carbonyl (C=O) groups excluding carboxylic acids is 2. The Balaban J connectivity index is 2.06. The van der Waals surface area contributed by atoms with Crippen LogP contribution in [0.5, 0.6) is 5.75 Å². The van der Waals surface area contributed by atoms with Gasteiger partial charge in [0.25, 0.3) is 11.8 Å². The molecule has 0 aliphatic carbocycles. The number of hydrazone groups is 1. The average Bonchev–Trinajstić information content (AvgIpc) is 2.70. The van der Waals surface area contributed by atoms with Crippen molar-refractivity contribution in [1.82, 2.24) is 10.7 Å². The molecule has 30 heavy (non-hydrogen) atoms. The van der Waals surface area contributed by atoms with Crippen molar-refractivity contribution < 1.29 is 14.3 Å². The summed E-state index contributed by atoms with van der Waals surface area (Å²) in [5, 5.41) is 7.36. The van der Waals surface area contributed by atoms with Gasteiger partial charge in [0.1, 0.15) is 11.8 Å². The molecule has 160 valence electrons. The van der Waals surface area contributed by atoms with Crippen molar-refractivity contribution in [2.75, 3.05) is 6.61 Å². The molecule has 6 nitrogen and oxygen atoms in total. The van der Waals surface area contributed by atoms with Crippen molar-refractivity contribution in [2.24, 2.45) is 11.0 Å². The van der Waals surface area contributed by atoms with E-state index in [0.29, 0.717) is 17.4 Å². The van der Waals surface area contributed by atoms with Crippen LogP contribution >= 0.6 is 23.2 Å². The number of rotatable bonds is 9. The average molecular weight is 450 g/mol. The summed E-state index contributed by atoms with van der Waals surface area (Å²) in [5.41, 5.74) is 3.46. The first-order valence-electron chi connectivity index (χ1n) is 9.64. The van der Waals surface area contributed by atoms with Gasteiger partial charge in [-0.05, 0) is 42.7 Å². The van der Waals surface area contributed by atoms with E-state index >= 15 is 0 Å². The second-order valence-corrected chi connectivity index (χ2v) is 7.78. The Bertz CT molecular complexity index is 916. The number of carbonyl (C=O) groups is 2. The molecule has 0 radical (unpaired) electrons. The third-order valence-electron chi connectivity index (χ3n) is 4.17. The fourth-order valence-corrected chi connectivity index (χ4v) is 3.09. The van der Waals surface area contributed by atoms with E-state index in [4.69, 9.17) is 27.9 Å². The van der Waals surface area contributed by atoms with Crippen LogP contribution in [0.15, 0.2) is 47.6 Å². The van der Waals surface area contributed by atoms with Crippen molar-refractivity contribution in [2.45, 2.75) is 33.2 Å². The molecule has 8 heteroatoms. The summed E-state index contributed by atoms with van der Waals surface area (Å²) in [7, 11) is 0. The third kappa shape index (κ3) is 6.75. The van der Waals surface area contributed by atoms with Gasteiger partial charge in [-0.3, -0.25) is 9.59 Å². The Hall–Kier alpha value is -2.57. The number of hydrogen-bond donors (Lipinski definition) is 2. The fourth-order valence-electron chi connectivity index (χ4n) is 2.59. The van der Waals surface area contributed by atoms with Gasteiger partial charge in [0.15, 0.2) is 0 Å². The first-order chi connectivity index (χ1) is 14.3. The molecule has 0 aliphatic rings. The Morgan fingerprint density at radius 3 is 2.57 bits per heavy atom. The van der Waals surface area contributed by atoms with Crippen molar-refractivity contribution >= 4 is 41.2 Å². The van der Waals surface area contributed by atoms with Crippen LogP contribution in [-0.2, 0) is 4.79 Å². The Morgan fingerprint density at radius 2 is 1.90 bits per heavy atom. The minimum Gasteiger partial charge on any atom is -0.493 e. The molecule has 0 heterocycles. The highest BCUT2D eigenvalue weighted by molar-refractivity contribution is 6.36. The SMILES string of the molecule is CCCOc1ccccc1/C=N\NC(=O)C(NC(=O)c1ccc(Cl)cc1Cl)C(C)C. The Kier molecular flexibility index (Phi) is 9.15. The summed E-state index contributed by atoms with van der Waals surface area (Å²) in [4.78, 5) is 25.2. The van der Waals surface area contributed by atoms with Crippen LogP contribution in [0.3, 0.4) is 0 Å². The zero-order chi connectivity index (χ0) is 22.1. The second kappa shape index (κ2) is 11.6. The topological polar surface area (TPSA) is 79.8 Å². The van der Waals surface area contributed by atoms with E-state index in [2.05, 4.69) is 15.8 Å². The monoisotopic (exact) mass is 449 g/mol. The predicted octanol–water partition coefficient (Wildman–Crippen LogP) is 4.69. The number of para-hydroxylation sites is 1. The van der Waals surface area contributed by atoms with Gasteiger partial charge < -0.3 is 10.1 Å². The quantitative estimate of drug-likeness (QED) is 0.430. The van der Waals surface area contributed by atoms with Gasteiger partial charge in [-0.15, -0.1) is 0 Å². The number of nitrogens with zero attached hydrogens (tertiary/aromatic N) is 1. The summed E-state index contributed by atoms with van der Waals surface area (Å²) in [6, 6.07) is 11.2. The van der Waals surface area contributed by atoms with Crippen LogP contribution in [0.1, 0.15) is 43.1 Å². The van der Waals surface area contributed by atoms with Gasteiger partial charge in [0.05, 0.1) is 23.4 Å². The maximum atomic E-state index is 12.6. The molecular formula is C22H25Cl2N3O3. The molecule has 2 N–H and O–H groups in total. The standard InChI is InChI=1S/C22H25Cl2N3O3/c1-4-11-30-19-8-6-5-7-15(19)13-25-27-22(29)20(14(2)3)26-21(28)17-10-9-16(23)12-18(17)24/h5-10,12-14,20H,4,11H2,1-3H3,(H,26,28)(H,27,29)/b25-13-. The molecule has 0 saturated heterocycles. The van der Waals surface area contributed by atoms with Crippen LogP contribution in [0.2, 0.25) is 10.0 Å². The van der Waals surface area contributed by atoms with E-state index < -0.39 is 17.9 Å².